The molecule has 1 aliphatic rings. The van der Waals surface area contributed by atoms with E-state index in [4.69, 9.17) is 9.47 Å². The van der Waals surface area contributed by atoms with Crippen LogP contribution < -0.4 is 5.32 Å². The number of nitrogens with one attached hydrogen (secondary N) is 1. The minimum Gasteiger partial charge on any atom is -0.385 e. The first-order valence-electron chi connectivity index (χ1n) is 6.32. The van der Waals surface area contributed by atoms with Gasteiger partial charge in [-0.25, -0.2) is 0 Å². The molecule has 0 unspecified atom stereocenters. The fourth-order valence-electron chi connectivity index (χ4n) is 1.93. The highest BCUT2D eigenvalue weighted by molar-refractivity contribution is 4.68. The lowest BCUT2D eigenvalue weighted by atomic mass is 10.1. The Morgan fingerprint density at radius 1 is 1.19 bits per heavy atom. The maximum absolute atomic E-state index is 5.85. The summed E-state index contributed by atoms with van der Waals surface area (Å²) in [5.41, 5.74) is 0. The average Bonchev–Trinajstić information content (AvgIpc) is 2.31. The monoisotopic (exact) mass is 230 g/mol. The molecule has 1 N–H and O–H groups in total. The van der Waals surface area contributed by atoms with Gasteiger partial charge in [0.15, 0.2) is 0 Å². The van der Waals surface area contributed by atoms with Gasteiger partial charge in [0, 0.05) is 26.8 Å². The van der Waals surface area contributed by atoms with E-state index in [1.54, 1.807) is 7.11 Å². The number of piperidine rings is 1. The molecule has 0 aromatic carbocycles. The summed E-state index contributed by atoms with van der Waals surface area (Å²) in [6.45, 7) is 6.02. The molecule has 4 nitrogen and oxygen atoms in total. The summed E-state index contributed by atoms with van der Waals surface area (Å²) in [6.07, 6.45) is 3.90. The van der Waals surface area contributed by atoms with Crippen LogP contribution in [0.15, 0.2) is 0 Å². The largest absolute Gasteiger partial charge is 0.385 e. The molecule has 1 aliphatic heterocycles. The zero-order valence-electron chi connectivity index (χ0n) is 10.7. The van der Waals surface area contributed by atoms with Crippen LogP contribution in [-0.4, -0.2) is 64.6 Å². The minimum absolute atomic E-state index is 0.480. The van der Waals surface area contributed by atoms with Gasteiger partial charge in [0.25, 0.3) is 0 Å². The highest BCUT2D eigenvalue weighted by atomic mass is 16.5. The molecule has 0 aromatic rings. The Labute approximate surface area is 99.3 Å². The molecular weight excluding hydrogens is 204 g/mol. The molecule has 0 radical (unpaired) electrons. The number of hydrogen-bond acceptors (Lipinski definition) is 4. The van der Waals surface area contributed by atoms with Gasteiger partial charge in [0.1, 0.15) is 0 Å². The van der Waals surface area contributed by atoms with Crippen LogP contribution in [0.4, 0.5) is 0 Å². The zero-order valence-corrected chi connectivity index (χ0v) is 10.7. The van der Waals surface area contributed by atoms with Gasteiger partial charge in [-0.3, -0.25) is 0 Å². The molecule has 1 saturated heterocycles. The summed E-state index contributed by atoms with van der Waals surface area (Å²) in [5.74, 6) is 0. The average molecular weight is 230 g/mol. The fourth-order valence-corrected chi connectivity index (χ4v) is 1.93. The highest BCUT2D eigenvalue weighted by Crippen LogP contribution is 2.06. The number of nitrogens with zero attached hydrogens (tertiary/aromatic N) is 1. The standard InChI is InChI=1S/C12H26N2O2/c1-14(8-3-10-15-2)9-11-16-12-4-6-13-7-5-12/h12-13H,3-11H2,1-2H3. The highest BCUT2D eigenvalue weighted by Gasteiger charge is 2.12. The van der Waals surface area contributed by atoms with Crippen molar-refractivity contribution in [2.24, 2.45) is 0 Å². The SMILES string of the molecule is COCCCN(C)CCOC1CCNCC1. The number of rotatable bonds is 8. The van der Waals surface area contributed by atoms with Gasteiger partial charge in [-0.15, -0.1) is 0 Å². The molecule has 1 fully saturated rings. The lowest BCUT2D eigenvalue weighted by molar-refractivity contribution is 0.0224. The van der Waals surface area contributed by atoms with E-state index in [0.717, 1.165) is 58.7 Å². The van der Waals surface area contributed by atoms with Crippen LogP contribution in [0.2, 0.25) is 0 Å². The van der Waals surface area contributed by atoms with Gasteiger partial charge < -0.3 is 19.7 Å². The summed E-state index contributed by atoms with van der Waals surface area (Å²) in [6, 6.07) is 0. The normalized spacial score (nSPS) is 18.2. The van der Waals surface area contributed by atoms with E-state index in [1.165, 1.54) is 0 Å². The van der Waals surface area contributed by atoms with Gasteiger partial charge in [-0.2, -0.15) is 0 Å². The maximum atomic E-state index is 5.85. The van der Waals surface area contributed by atoms with Crippen LogP contribution in [0.3, 0.4) is 0 Å². The summed E-state index contributed by atoms with van der Waals surface area (Å²) >= 11 is 0. The number of hydrogen-bond donors (Lipinski definition) is 1. The third-order valence-electron chi connectivity index (χ3n) is 3.00. The van der Waals surface area contributed by atoms with E-state index < -0.39 is 0 Å². The van der Waals surface area contributed by atoms with Crippen LogP contribution in [0, 0.1) is 0 Å². The molecule has 0 saturated carbocycles. The van der Waals surface area contributed by atoms with Crippen LogP contribution in [0.25, 0.3) is 0 Å². The predicted molar refractivity (Wildman–Crippen MR) is 65.8 cm³/mol. The maximum Gasteiger partial charge on any atom is 0.0600 e. The van der Waals surface area contributed by atoms with Crippen molar-refractivity contribution in [1.82, 2.24) is 10.2 Å². The first kappa shape index (κ1) is 13.9. The second-order valence-corrected chi connectivity index (χ2v) is 4.47. The van der Waals surface area contributed by atoms with E-state index in [-0.39, 0.29) is 0 Å². The topological polar surface area (TPSA) is 33.7 Å². The molecular formula is C12H26N2O2. The Morgan fingerprint density at radius 3 is 2.62 bits per heavy atom. The Kier molecular flexibility index (Phi) is 7.76. The van der Waals surface area contributed by atoms with Crippen molar-refractivity contribution in [2.75, 3.05) is 53.6 Å². The van der Waals surface area contributed by atoms with Crippen LogP contribution in [-0.2, 0) is 9.47 Å². The Morgan fingerprint density at radius 2 is 1.94 bits per heavy atom. The van der Waals surface area contributed by atoms with Crippen molar-refractivity contribution in [3.63, 3.8) is 0 Å². The number of methoxy groups -OCH3 is 1. The predicted octanol–water partition coefficient (Wildman–Crippen LogP) is 0.723. The van der Waals surface area contributed by atoms with E-state index in [9.17, 15) is 0 Å². The summed E-state index contributed by atoms with van der Waals surface area (Å²) in [5, 5.41) is 3.34. The lowest BCUT2D eigenvalue weighted by Crippen LogP contribution is -2.34. The van der Waals surface area contributed by atoms with Gasteiger partial charge >= 0.3 is 0 Å². The summed E-state index contributed by atoms with van der Waals surface area (Å²) < 4.78 is 10.9. The molecule has 0 amide bonds. The molecule has 1 heterocycles. The quantitative estimate of drug-likeness (QED) is 0.623. The Bertz CT molecular complexity index is 161. The summed E-state index contributed by atoms with van der Waals surface area (Å²) in [7, 11) is 3.89. The molecule has 0 bridgehead atoms. The Hall–Kier alpha value is -0.160. The van der Waals surface area contributed by atoms with Crippen molar-refractivity contribution in [1.29, 1.82) is 0 Å². The first-order valence-corrected chi connectivity index (χ1v) is 6.32. The fraction of sp³-hybridized carbons (Fsp3) is 1.00. The van der Waals surface area contributed by atoms with Gasteiger partial charge in [0.05, 0.1) is 12.7 Å². The Balaban J connectivity index is 1.92. The van der Waals surface area contributed by atoms with Crippen LogP contribution >= 0.6 is 0 Å². The third kappa shape index (κ3) is 6.43. The van der Waals surface area contributed by atoms with E-state index >= 15 is 0 Å². The number of likely N-dealkylation sites (N-methyl/N-ethyl adjacent to an activating group) is 1. The lowest BCUT2D eigenvalue weighted by Gasteiger charge is -2.24. The molecule has 0 spiro atoms. The molecule has 0 aromatic heterocycles. The first-order chi connectivity index (χ1) is 7.83. The second kappa shape index (κ2) is 8.93. The van der Waals surface area contributed by atoms with Crippen molar-refractivity contribution in [3.05, 3.63) is 0 Å². The molecule has 0 aliphatic carbocycles. The summed E-state index contributed by atoms with van der Waals surface area (Å²) in [4.78, 5) is 2.31. The third-order valence-corrected chi connectivity index (χ3v) is 3.00. The smallest absolute Gasteiger partial charge is 0.0600 e. The van der Waals surface area contributed by atoms with Crippen molar-refractivity contribution >= 4 is 0 Å². The van der Waals surface area contributed by atoms with Crippen molar-refractivity contribution in [2.45, 2.75) is 25.4 Å². The van der Waals surface area contributed by atoms with E-state index in [2.05, 4.69) is 17.3 Å². The molecule has 4 heteroatoms. The van der Waals surface area contributed by atoms with Crippen LogP contribution in [0.1, 0.15) is 19.3 Å². The van der Waals surface area contributed by atoms with Crippen molar-refractivity contribution in [3.8, 4) is 0 Å². The van der Waals surface area contributed by atoms with Gasteiger partial charge in [-0.05, 0) is 39.4 Å². The van der Waals surface area contributed by atoms with Gasteiger partial charge in [-0.1, -0.05) is 0 Å². The van der Waals surface area contributed by atoms with Gasteiger partial charge in [0.2, 0.25) is 0 Å². The van der Waals surface area contributed by atoms with Crippen molar-refractivity contribution < 1.29 is 9.47 Å². The van der Waals surface area contributed by atoms with Crippen LogP contribution in [0.5, 0.6) is 0 Å². The number of ether oxygens (including phenoxy) is 2. The van der Waals surface area contributed by atoms with E-state index in [0.29, 0.717) is 6.10 Å². The zero-order chi connectivity index (χ0) is 11.6. The molecule has 0 atom stereocenters. The van der Waals surface area contributed by atoms with E-state index in [1.807, 2.05) is 0 Å². The second-order valence-electron chi connectivity index (χ2n) is 4.47. The molecule has 1 rings (SSSR count). The molecule has 16 heavy (non-hydrogen) atoms. The minimum atomic E-state index is 0.480. The molecule has 96 valence electrons.